The summed E-state index contributed by atoms with van der Waals surface area (Å²) in [5.41, 5.74) is 0. The van der Waals surface area contributed by atoms with Crippen LogP contribution in [-0.4, -0.2) is 24.2 Å². The minimum absolute atomic E-state index is 0.476. The molecule has 1 aromatic rings. The molecule has 1 aromatic heterocycles. The maximum atomic E-state index is 5.81. The van der Waals surface area contributed by atoms with Gasteiger partial charge in [0.2, 0.25) is 0 Å². The number of pyridine rings is 1. The fourth-order valence-electron chi connectivity index (χ4n) is 2.12. The normalized spacial score (nSPS) is 17.0. The quantitative estimate of drug-likeness (QED) is 0.817. The highest BCUT2D eigenvalue weighted by atomic mass is 35.5. The fourth-order valence-corrected chi connectivity index (χ4v) is 2.23. The number of rotatable bonds is 5. The third-order valence-electron chi connectivity index (χ3n) is 3.04. The Labute approximate surface area is 108 Å². The van der Waals surface area contributed by atoms with Gasteiger partial charge in [-0.05, 0) is 25.0 Å². The van der Waals surface area contributed by atoms with Crippen LogP contribution in [-0.2, 0) is 4.74 Å². The van der Waals surface area contributed by atoms with Crippen LogP contribution in [0.2, 0.25) is 5.02 Å². The SMILES string of the molecule is Clc1ccc(NCCOC2CCCCC2)nc1. The maximum Gasteiger partial charge on any atom is 0.126 e. The maximum absolute atomic E-state index is 5.81. The van der Waals surface area contributed by atoms with Crippen molar-refractivity contribution in [2.24, 2.45) is 0 Å². The van der Waals surface area contributed by atoms with Gasteiger partial charge in [-0.3, -0.25) is 0 Å². The second-order valence-corrected chi connectivity index (χ2v) is 4.86. The molecule has 1 N–H and O–H groups in total. The van der Waals surface area contributed by atoms with Crippen molar-refractivity contribution in [3.8, 4) is 0 Å². The molecule has 1 fully saturated rings. The smallest absolute Gasteiger partial charge is 0.126 e. The Morgan fingerprint density at radius 1 is 1.29 bits per heavy atom. The molecule has 1 aliphatic carbocycles. The van der Waals surface area contributed by atoms with E-state index < -0.39 is 0 Å². The molecule has 4 heteroatoms. The molecule has 0 atom stereocenters. The van der Waals surface area contributed by atoms with E-state index in [0.717, 1.165) is 19.0 Å². The zero-order valence-corrected chi connectivity index (χ0v) is 10.7. The van der Waals surface area contributed by atoms with Gasteiger partial charge in [0.25, 0.3) is 0 Å². The van der Waals surface area contributed by atoms with Gasteiger partial charge in [-0.2, -0.15) is 0 Å². The Kier molecular flexibility index (Phi) is 5.08. The molecule has 0 spiro atoms. The van der Waals surface area contributed by atoms with Crippen LogP contribution in [0.15, 0.2) is 18.3 Å². The lowest BCUT2D eigenvalue weighted by Gasteiger charge is -2.22. The molecule has 0 unspecified atom stereocenters. The van der Waals surface area contributed by atoms with E-state index in [4.69, 9.17) is 16.3 Å². The van der Waals surface area contributed by atoms with E-state index in [1.165, 1.54) is 32.1 Å². The molecule has 0 radical (unpaired) electrons. The van der Waals surface area contributed by atoms with Crippen LogP contribution in [0.5, 0.6) is 0 Å². The fraction of sp³-hybridized carbons (Fsp3) is 0.615. The third kappa shape index (κ3) is 4.52. The summed E-state index contributed by atoms with van der Waals surface area (Å²) in [6, 6.07) is 3.71. The zero-order valence-electron chi connectivity index (χ0n) is 9.99. The van der Waals surface area contributed by atoms with E-state index in [1.807, 2.05) is 12.1 Å². The summed E-state index contributed by atoms with van der Waals surface area (Å²) in [6.07, 6.45) is 8.56. The van der Waals surface area contributed by atoms with E-state index in [-0.39, 0.29) is 0 Å². The van der Waals surface area contributed by atoms with Crippen LogP contribution in [0.25, 0.3) is 0 Å². The van der Waals surface area contributed by atoms with Gasteiger partial charge in [0.05, 0.1) is 17.7 Å². The summed E-state index contributed by atoms with van der Waals surface area (Å²) < 4.78 is 5.81. The van der Waals surface area contributed by atoms with Crippen molar-refractivity contribution >= 4 is 17.4 Å². The minimum atomic E-state index is 0.476. The molecular formula is C13H19ClN2O. The first-order valence-electron chi connectivity index (χ1n) is 6.31. The van der Waals surface area contributed by atoms with Gasteiger partial charge >= 0.3 is 0 Å². The van der Waals surface area contributed by atoms with Crippen LogP contribution in [0.1, 0.15) is 32.1 Å². The number of hydrogen-bond acceptors (Lipinski definition) is 3. The summed E-state index contributed by atoms with van der Waals surface area (Å²) in [5.74, 6) is 0.849. The molecule has 0 aromatic carbocycles. The molecule has 1 heterocycles. The van der Waals surface area contributed by atoms with E-state index in [2.05, 4.69) is 10.3 Å². The van der Waals surface area contributed by atoms with Gasteiger partial charge in [-0.25, -0.2) is 4.98 Å². The lowest BCUT2D eigenvalue weighted by Crippen LogP contribution is -2.20. The average molecular weight is 255 g/mol. The lowest BCUT2D eigenvalue weighted by molar-refractivity contribution is 0.0347. The molecular weight excluding hydrogens is 236 g/mol. The predicted octanol–water partition coefficient (Wildman–Crippen LogP) is 3.50. The summed E-state index contributed by atoms with van der Waals surface area (Å²) in [7, 11) is 0. The van der Waals surface area contributed by atoms with E-state index in [0.29, 0.717) is 11.1 Å². The van der Waals surface area contributed by atoms with Crippen LogP contribution in [0.3, 0.4) is 0 Å². The topological polar surface area (TPSA) is 34.1 Å². The zero-order chi connectivity index (χ0) is 11.9. The van der Waals surface area contributed by atoms with Crippen LogP contribution < -0.4 is 5.32 Å². The molecule has 94 valence electrons. The molecule has 0 amide bonds. The third-order valence-corrected chi connectivity index (χ3v) is 3.26. The average Bonchev–Trinajstić information content (AvgIpc) is 2.38. The summed E-state index contributed by atoms with van der Waals surface area (Å²) in [6.45, 7) is 1.54. The predicted molar refractivity (Wildman–Crippen MR) is 70.6 cm³/mol. The molecule has 1 aliphatic rings. The van der Waals surface area contributed by atoms with Crippen molar-refractivity contribution in [3.63, 3.8) is 0 Å². The van der Waals surface area contributed by atoms with Gasteiger partial charge in [0.1, 0.15) is 5.82 Å². The molecule has 2 rings (SSSR count). The summed E-state index contributed by atoms with van der Waals surface area (Å²) in [4.78, 5) is 4.16. The van der Waals surface area contributed by atoms with Crippen LogP contribution >= 0.6 is 11.6 Å². The molecule has 1 saturated carbocycles. The molecule has 17 heavy (non-hydrogen) atoms. The molecule has 0 saturated heterocycles. The Morgan fingerprint density at radius 2 is 2.12 bits per heavy atom. The van der Waals surface area contributed by atoms with Crippen LogP contribution in [0, 0.1) is 0 Å². The minimum Gasteiger partial charge on any atom is -0.376 e. The van der Waals surface area contributed by atoms with Gasteiger partial charge in [0, 0.05) is 12.7 Å². The molecule has 0 aliphatic heterocycles. The molecule has 3 nitrogen and oxygen atoms in total. The van der Waals surface area contributed by atoms with Gasteiger partial charge < -0.3 is 10.1 Å². The summed E-state index contributed by atoms with van der Waals surface area (Å²) >= 11 is 5.76. The van der Waals surface area contributed by atoms with Gasteiger partial charge in [-0.1, -0.05) is 30.9 Å². The first-order chi connectivity index (χ1) is 8.34. The van der Waals surface area contributed by atoms with Crippen molar-refractivity contribution in [1.82, 2.24) is 4.98 Å². The Bertz CT molecular complexity index is 323. The number of halogens is 1. The lowest BCUT2D eigenvalue weighted by atomic mass is 9.98. The van der Waals surface area contributed by atoms with Crippen molar-refractivity contribution in [1.29, 1.82) is 0 Å². The van der Waals surface area contributed by atoms with Crippen molar-refractivity contribution < 1.29 is 4.74 Å². The van der Waals surface area contributed by atoms with Gasteiger partial charge in [0.15, 0.2) is 0 Å². The largest absolute Gasteiger partial charge is 0.376 e. The highest BCUT2D eigenvalue weighted by molar-refractivity contribution is 6.30. The van der Waals surface area contributed by atoms with Gasteiger partial charge in [-0.15, -0.1) is 0 Å². The van der Waals surface area contributed by atoms with E-state index in [9.17, 15) is 0 Å². The number of anilines is 1. The standard InChI is InChI=1S/C13H19ClN2O/c14-11-6-7-13(16-10-11)15-8-9-17-12-4-2-1-3-5-12/h6-7,10,12H,1-5,8-9H2,(H,15,16). The number of hydrogen-bond donors (Lipinski definition) is 1. The Balaban J connectivity index is 1.60. The highest BCUT2D eigenvalue weighted by Crippen LogP contribution is 2.20. The van der Waals surface area contributed by atoms with Crippen molar-refractivity contribution in [3.05, 3.63) is 23.4 Å². The second kappa shape index (κ2) is 6.82. The summed E-state index contributed by atoms with van der Waals surface area (Å²) in [5, 5.41) is 3.88. The second-order valence-electron chi connectivity index (χ2n) is 4.42. The van der Waals surface area contributed by atoms with Crippen molar-refractivity contribution in [2.75, 3.05) is 18.5 Å². The van der Waals surface area contributed by atoms with E-state index in [1.54, 1.807) is 6.20 Å². The number of nitrogens with one attached hydrogen (secondary N) is 1. The first-order valence-corrected chi connectivity index (χ1v) is 6.69. The number of ether oxygens (including phenoxy) is 1. The van der Waals surface area contributed by atoms with E-state index >= 15 is 0 Å². The Morgan fingerprint density at radius 3 is 2.82 bits per heavy atom. The highest BCUT2D eigenvalue weighted by Gasteiger charge is 2.12. The number of aromatic nitrogens is 1. The number of nitrogens with zero attached hydrogens (tertiary/aromatic N) is 1. The monoisotopic (exact) mass is 254 g/mol. The molecule has 0 bridgehead atoms. The Hall–Kier alpha value is -0.800. The van der Waals surface area contributed by atoms with Crippen molar-refractivity contribution in [2.45, 2.75) is 38.2 Å². The first kappa shape index (κ1) is 12.7. The van der Waals surface area contributed by atoms with Crippen LogP contribution in [0.4, 0.5) is 5.82 Å².